The van der Waals surface area contributed by atoms with Crippen molar-refractivity contribution >= 4 is 5.69 Å². The van der Waals surface area contributed by atoms with Crippen molar-refractivity contribution in [3.63, 3.8) is 0 Å². The first-order valence-corrected chi connectivity index (χ1v) is 6.97. The van der Waals surface area contributed by atoms with Crippen molar-refractivity contribution in [2.24, 2.45) is 5.41 Å². The van der Waals surface area contributed by atoms with E-state index in [2.05, 4.69) is 29.8 Å². The van der Waals surface area contributed by atoms with Crippen LogP contribution in [0.5, 0.6) is 0 Å². The predicted molar refractivity (Wildman–Crippen MR) is 74.8 cm³/mol. The molecular formula is C15H24N2O. The van der Waals surface area contributed by atoms with Crippen LogP contribution in [0.2, 0.25) is 0 Å². The van der Waals surface area contributed by atoms with Crippen LogP contribution in [0, 0.1) is 12.3 Å². The number of hydrogen-bond acceptors (Lipinski definition) is 3. The Labute approximate surface area is 110 Å². The van der Waals surface area contributed by atoms with E-state index in [4.69, 9.17) is 0 Å². The molecular weight excluding hydrogens is 224 g/mol. The molecule has 1 aromatic rings. The average molecular weight is 248 g/mol. The van der Waals surface area contributed by atoms with Gasteiger partial charge in [-0.25, -0.2) is 0 Å². The van der Waals surface area contributed by atoms with Crippen LogP contribution in [-0.4, -0.2) is 29.8 Å². The van der Waals surface area contributed by atoms with E-state index in [0.29, 0.717) is 6.61 Å². The standard InChI is InChI=1S/C15H24N2O/c1-3-6-15(12-18)7-4-9-17(11-15)14-5-8-16-10-13(14)2/h5,8,10,18H,3-4,6-7,9,11-12H2,1-2H3/t15-/m1/s1. The third-order valence-electron chi connectivity index (χ3n) is 4.11. The zero-order valence-corrected chi connectivity index (χ0v) is 11.5. The summed E-state index contributed by atoms with van der Waals surface area (Å²) < 4.78 is 0. The molecule has 1 aromatic heterocycles. The van der Waals surface area contributed by atoms with Gasteiger partial charge in [-0.1, -0.05) is 13.3 Å². The normalized spacial score (nSPS) is 24.3. The summed E-state index contributed by atoms with van der Waals surface area (Å²) in [4.78, 5) is 6.58. The molecule has 1 fully saturated rings. The topological polar surface area (TPSA) is 36.4 Å². The van der Waals surface area contributed by atoms with Gasteiger partial charge in [-0.3, -0.25) is 4.98 Å². The Morgan fingerprint density at radius 3 is 3.00 bits per heavy atom. The van der Waals surface area contributed by atoms with E-state index in [1.807, 2.05) is 12.4 Å². The molecule has 0 unspecified atom stereocenters. The Morgan fingerprint density at radius 2 is 2.33 bits per heavy atom. The molecule has 2 heterocycles. The number of aliphatic hydroxyl groups excluding tert-OH is 1. The van der Waals surface area contributed by atoms with Crippen molar-refractivity contribution < 1.29 is 5.11 Å². The van der Waals surface area contributed by atoms with Gasteiger partial charge >= 0.3 is 0 Å². The van der Waals surface area contributed by atoms with Gasteiger partial charge in [-0.05, 0) is 37.8 Å². The lowest BCUT2D eigenvalue weighted by molar-refractivity contribution is 0.0954. The maximum Gasteiger partial charge on any atom is 0.0504 e. The smallest absolute Gasteiger partial charge is 0.0504 e. The molecule has 100 valence electrons. The maximum atomic E-state index is 9.77. The van der Waals surface area contributed by atoms with Crippen LogP contribution in [-0.2, 0) is 0 Å². The van der Waals surface area contributed by atoms with Gasteiger partial charge in [0.25, 0.3) is 0 Å². The summed E-state index contributed by atoms with van der Waals surface area (Å²) in [5.41, 5.74) is 2.60. The first-order chi connectivity index (χ1) is 8.71. The minimum Gasteiger partial charge on any atom is -0.396 e. The highest BCUT2D eigenvalue weighted by atomic mass is 16.3. The van der Waals surface area contributed by atoms with Crippen molar-refractivity contribution in [2.45, 2.75) is 39.5 Å². The second-order valence-electron chi connectivity index (χ2n) is 5.60. The highest BCUT2D eigenvalue weighted by Crippen LogP contribution is 2.36. The summed E-state index contributed by atoms with van der Waals surface area (Å²) in [6.07, 6.45) is 8.36. The monoisotopic (exact) mass is 248 g/mol. The molecule has 0 aromatic carbocycles. The number of anilines is 1. The van der Waals surface area contributed by atoms with Gasteiger partial charge in [0.15, 0.2) is 0 Å². The zero-order valence-electron chi connectivity index (χ0n) is 11.5. The van der Waals surface area contributed by atoms with Crippen LogP contribution >= 0.6 is 0 Å². The van der Waals surface area contributed by atoms with Crippen molar-refractivity contribution in [1.82, 2.24) is 4.98 Å². The maximum absolute atomic E-state index is 9.77. The summed E-state index contributed by atoms with van der Waals surface area (Å²) in [5.74, 6) is 0. The van der Waals surface area contributed by atoms with E-state index in [1.54, 1.807) is 0 Å². The molecule has 1 aliphatic rings. The van der Waals surface area contributed by atoms with Crippen molar-refractivity contribution in [3.8, 4) is 0 Å². The Kier molecular flexibility index (Phi) is 4.23. The number of aromatic nitrogens is 1. The summed E-state index contributed by atoms with van der Waals surface area (Å²) in [6.45, 7) is 6.69. The highest BCUT2D eigenvalue weighted by Gasteiger charge is 2.34. The van der Waals surface area contributed by atoms with Gasteiger partial charge < -0.3 is 10.0 Å². The molecule has 0 radical (unpaired) electrons. The van der Waals surface area contributed by atoms with Gasteiger partial charge in [-0.2, -0.15) is 0 Å². The molecule has 3 nitrogen and oxygen atoms in total. The van der Waals surface area contributed by atoms with Gasteiger partial charge in [-0.15, -0.1) is 0 Å². The third kappa shape index (κ3) is 2.66. The minimum atomic E-state index is 0.0999. The minimum absolute atomic E-state index is 0.0999. The van der Waals surface area contributed by atoms with Gasteiger partial charge in [0.05, 0.1) is 6.61 Å². The lowest BCUT2D eigenvalue weighted by atomic mass is 9.77. The molecule has 1 N–H and O–H groups in total. The Hall–Kier alpha value is -1.09. The van der Waals surface area contributed by atoms with Crippen molar-refractivity contribution in [1.29, 1.82) is 0 Å². The fourth-order valence-corrected chi connectivity index (χ4v) is 3.18. The molecule has 0 saturated carbocycles. The highest BCUT2D eigenvalue weighted by molar-refractivity contribution is 5.52. The molecule has 18 heavy (non-hydrogen) atoms. The van der Waals surface area contributed by atoms with E-state index < -0.39 is 0 Å². The van der Waals surface area contributed by atoms with E-state index >= 15 is 0 Å². The molecule has 1 aliphatic heterocycles. The van der Waals surface area contributed by atoms with Crippen LogP contribution in [0.1, 0.15) is 38.2 Å². The van der Waals surface area contributed by atoms with Gasteiger partial charge in [0, 0.05) is 36.6 Å². The zero-order chi connectivity index (χ0) is 13.0. The van der Waals surface area contributed by atoms with Gasteiger partial charge in [0.1, 0.15) is 0 Å². The predicted octanol–water partition coefficient (Wildman–Crippen LogP) is 2.77. The number of hydrogen-bond donors (Lipinski definition) is 1. The van der Waals surface area contributed by atoms with Crippen LogP contribution in [0.4, 0.5) is 5.69 Å². The largest absolute Gasteiger partial charge is 0.396 e. The third-order valence-corrected chi connectivity index (χ3v) is 4.11. The van der Waals surface area contributed by atoms with Crippen LogP contribution < -0.4 is 4.90 Å². The number of pyridine rings is 1. The van der Waals surface area contributed by atoms with E-state index in [9.17, 15) is 5.11 Å². The van der Waals surface area contributed by atoms with Gasteiger partial charge in [0.2, 0.25) is 0 Å². The lowest BCUT2D eigenvalue weighted by Crippen LogP contribution is -2.45. The molecule has 3 heteroatoms. The Balaban J connectivity index is 2.18. The molecule has 0 aliphatic carbocycles. The molecule has 1 saturated heterocycles. The molecule has 0 spiro atoms. The summed E-state index contributed by atoms with van der Waals surface area (Å²) >= 11 is 0. The van der Waals surface area contributed by atoms with Crippen molar-refractivity contribution in [3.05, 3.63) is 24.0 Å². The first kappa shape index (κ1) is 13.3. The van der Waals surface area contributed by atoms with E-state index in [-0.39, 0.29) is 5.41 Å². The van der Waals surface area contributed by atoms with Crippen LogP contribution in [0.15, 0.2) is 18.5 Å². The Bertz CT molecular complexity index is 390. The van der Waals surface area contributed by atoms with E-state index in [0.717, 1.165) is 32.4 Å². The molecule has 0 bridgehead atoms. The SMILES string of the molecule is CCC[C@@]1(CO)CCCN(c2ccncc2C)C1. The molecule has 2 rings (SSSR count). The summed E-state index contributed by atoms with van der Waals surface area (Å²) in [5, 5.41) is 9.77. The van der Waals surface area contributed by atoms with Crippen molar-refractivity contribution in [2.75, 3.05) is 24.6 Å². The van der Waals surface area contributed by atoms with Crippen LogP contribution in [0.25, 0.3) is 0 Å². The number of aliphatic hydroxyl groups is 1. The number of piperidine rings is 1. The summed E-state index contributed by atoms with van der Waals surface area (Å²) in [6, 6.07) is 2.09. The Morgan fingerprint density at radius 1 is 1.50 bits per heavy atom. The number of aryl methyl sites for hydroxylation is 1. The van der Waals surface area contributed by atoms with E-state index in [1.165, 1.54) is 17.7 Å². The molecule has 1 atom stereocenters. The second kappa shape index (κ2) is 5.70. The summed E-state index contributed by atoms with van der Waals surface area (Å²) in [7, 11) is 0. The first-order valence-electron chi connectivity index (χ1n) is 6.97. The second-order valence-corrected chi connectivity index (χ2v) is 5.60. The average Bonchev–Trinajstić information content (AvgIpc) is 2.40. The fourth-order valence-electron chi connectivity index (χ4n) is 3.18. The number of nitrogens with zero attached hydrogens (tertiary/aromatic N) is 2. The lowest BCUT2D eigenvalue weighted by Gasteiger charge is -2.43. The molecule has 0 amide bonds. The van der Waals surface area contributed by atoms with Crippen LogP contribution in [0.3, 0.4) is 0 Å². The quantitative estimate of drug-likeness (QED) is 0.890. The number of rotatable bonds is 4. The fraction of sp³-hybridized carbons (Fsp3) is 0.667.